The summed E-state index contributed by atoms with van der Waals surface area (Å²) < 4.78 is 10.3. The second-order valence-electron chi connectivity index (χ2n) is 4.12. The predicted octanol–water partition coefficient (Wildman–Crippen LogP) is 1.56. The summed E-state index contributed by atoms with van der Waals surface area (Å²) in [4.78, 5) is 11.3. The number of benzene rings is 1. The van der Waals surface area contributed by atoms with Gasteiger partial charge in [-0.25, -0.2) is 5.43 Å². The fourth-order valence-electron chi connectivity index (χ4n) is 1.54. The Morgan fingerprint density at radius 1 is 1.33 bits per heavy atom. The van der Waals surface area contributed by atoms with Gasteiger partial charge in [-0.15, -0.1) is 0 Å². The standard InChI is InChI=1S/C13H16N2O3/c1-17-11-6-3-9(7-12(11)18-2)8-14-15-13(16)10-4-5-10/h3,6-8,10H,4-5H2,1-2H3,(H,15,16)/b14-8+. The van der Waals surface area contributed by atoms with Crippen molar-refractivity contribution >= 4 is 12.1 Å². The highest BCUT2D eigenvalue weighted by molar-refractivity contribution is 5.84. The van der Waals surface area contributed by atoms with Crippen LogP contribution < -0.4 is 14.9 Å². The van der Waals surface area contributed by atoms with E-state index >= 15 is 0 Å². The van der Waals surface area contributed by atoms with Crippen LogP contribution in [0.15, 0.2) is 23.3 Å². The molecule has 2 rings (SSSR count). The number of nitrogens with zero attached hydrogens (tertiary/aromatic N) is 1. The second-order valence-corrected chi connectivity index (χ2v) is 4.12. The summed E-state index contributed by atoms with van der Waals surface area (Å²) >= 11 is 0. The maximum Gasteiger partial charge on any atom is 0.243 e. The minimum Gasteiger partial charge on any atom is -0.493 e. The molecule has 0 spiro atoms. The zero-order chi connectivity index (χ0) is 13.0. The number of hydrogen-bond donors (Lipinski definition) is 1. The van der Waals surface area contributed by atoms with Crippen molar-refractivity contribution in [1.82, 2.24) is 5.43 Å². The zero-order valence-corrected chi connectivity index (χ0v) is 10.5. The molecule has 1 saturated carbocycles. The summed E-state index contributed by atoms with van der Waals surface area (Å²) in [6.45, 7) is 0. The lowest BCUT2D eigenvalue weighted by molar-refractivity contribution is -0.122. The first-order valence-electron chi connectivity index (χ1n) is 5.79. The number of methoxy groups -OCH3 is 2. The van der Waals surface area contributed by atoms with Crippen LogP contribution >= 0.6 is 0 Å². The average molecular weight is 248 g/mol. The molecule has 0 aromatic heterocycles. The molecule has 0 saturated heterocycles. The number of hydrogen-bond acceptors (Lipinski definition) is 4. The van der Waals surface area contributed by atoms with Crippen LogP contribution in [-0.4, -0.2) is 26.3 Å². The quantitative estimate of drug-likeness (QED) is 0.635. The molecule has 0 radical (unpaired) electrons. The Balaban J connectivity index is 1.99. The highest BCUT2D eigenvalue weighted by Gasteiger charge is 2.29. The van der Waals surface area contributed by atoms with Crippen molar-refractivity contribution in [3.8, 4) is 11.5 Å². The largest absolute Gasteiger partial charge is 0.493 e. The lowest BCUT2D eigenvalue weighted by Crippen LogP contribution is -2.18. The highest BCUT2D eigenvalue weighted by Crippen LogP contribution is 2.29. The molecule has 1 aromatic rings. The number of nitrogens with one attached hydrogen (secondary N) is 1. The Kier molecular flexibility index (Phi) is 3.82. The van der Waals surface area contributed by atoms with E-state index in [2.05, 4.69) is 10.5 Å². The molecular formula is C13H16N2O3. The predicted molar refractivity (Wildman–Crippen MR) is 68.0 cm³/mol. The van der Waals surface area contributed by atoms with Crippen molar-refractivity contribution in [3.05, 3.63) is 23.8 Å². The number of amides is 1. The lowest BCUT2D eigenvalue weighted by atomic mass is 10.2. The Hall–Kier alpha value is -2.04. The van der Waals surface area contributed by atoms with Gasteiger partial charge in [0.1, 0.15) is 0 Å². The molecule has 1 aliphatic rings. The van der Waals surface area contributed by atoms with Crippen molar-refractivity contribution in [2.75, 3.05) is 14.2 Å². The molecule has 18 heavy (non-hydrogen) atoms. The summed E-state index contributed by atoms with van der Waals surface area (Å²) in [7, 11) is 3.16. The number of carbonyl (C=O) groups is 1. The molecule has 1 aromatic carbocycles. The first-order valence-corrected chi connectivity index (χ1v) is 5.79. The van der Waals surface area contributed by atoms with Crippen LogP contribution in [0.3, 0.4) is 0 Å². The van der Waals surface area contributed by atoms with Crippen LogP contribution in [0.4, 0.5) is 0 Å². The fourth-order valence-corrected chi connectivity index (χ4v) is 1.54. The van der Waals surface area contributed by atoms with Gasteiger partial charge < -0.3 is 9.47 Å². The summed E-state index contributed by atoms with van der Waals surface area (Å²) in [6.07, 6.45) is 3.53. The van der Waals surface area contributed by atoms with Crippen molar-refractivity contribution in [2.24, 2.45) is 11.0 Å². The van der Waals surface area contributed by atoms with Crippen molar-refractivity contribution in [1.29, 1.82) is 0 Å². The fraction of sp³-hybridized carbons (Fsp3) is 0.385. The summed E-state index contributed by atoms with van der Waals surface area (Å²) in [6, 6.07) is 5.43. The van der Waals surface area contributed by atoms with Crippen LogP contribution in [0.5, 0.6) is 11.5 Å². The van der Waals surface area contributed by atoms with Gasteiger partial charge in [-0.1, -0.05) is 0 Å². The zero-order valence-electron chi connectivity index (χ0n) is 10.5. The Morgan fingerprint density at radius 2 is 2.06 bits per heavy atom. The van der Waals surface area contributed by atoms with E-state index < -0.39 is 0 Å². The van der Waals surface area contributed by atoms with E-state index in [1.807, 2.05) is 6.07 Å². The number of rotatable bonds is 5. The van der Waals surface area contributed by atoms with Gasteiger partial charge in [-0.3, -0.25) is 4.79 Å². The summed E-state index contributed by atoms with van der Waals surface area (Å²) in [5.74, 6) is 1.45. The summed E-state index contributed by atoms with van der Waals surface area (Å²) in [5.41, 5.74) is 3.35. The molecule has 1 amide bonds. The van der Waals surface area contributed by atoms with Crippen LogP contribution in [0, 0.1) is 5.92 Å². The van der Waals surface area contributed by atoms with Gasteiger partial charge in [-0.05, 0) is 36.6 Å². The number of hydrazone groups is 1. The van der Waals surface area contributed by atoms with Gasteiger partial charge in [0.2, 0.25) is 5.91 Å². The normalized spacial score (nSPS) is 14.6. The van der Waals surface area contributed by atoms with Gasteiger partial charge in [0.25, 0.3) is 0 Å². The number of ether oxygens (including phenoxy) is 2. The molecule has 1 N–H and O–H groups in total. The Morgan fingerprint density at radius 3 is 2.67 bits per heavy atom. The van der Waals surface area contributed by atoms with E-state index in [0.717, 1.165) is 18.4 Å². The van der Waals surface area contributed by atoms with E-state index in [-0.39, 0.29) is 11.8 Å². The molecule has 5 heteroatoms. The maximum atomic E-state index is 11.3. The molecule has 0 aliphatic heterocycles. The van der Waals surface area contributed by atoms with Crippen LogP contribution in [0.1, 0.15) is 18.4 Å². The van der Waals surface area contributed by atoms with Gasteiger partial charge in [0.05, 0.1) is 20.4 Å². The van der Waals surface area contributed by atoms with Gasteiger partial charge in [-0.2, -0.15) is 5.10 Å². The van der Waals surface area contributed by atoms with Crippen LogP contribution in [-0.2, 0) is 4.79 Å². The molecule has 5 nitrogen and oxygen atoms in total. The van der Waals surface area contributed by atoms with E-state index in [4.69, 9.17) is 9.47 Å². The smallest absolute Gasteiger partial charge is 0.243 e. The highest BCUT2D eigenvalue weighted by atomic mass is 16.5. The third kappa shape index (κ3) is 3.00. The van der Waals surface area contributed by atoms with Crippen molar-refractivity contribution in [2.45, 2.75) is 12.8 Å². The minimum atomic E-state index is -0.00766. The van der Waals surface area contributed by atoms with Crippen LogP contribution in [0.25, 0.3) is 0 Å². The van der Waals surface area contributed by atoms with Gasteiger partial charge >= 0.3 is 0 Å². The first kappa shape index (κ1) is 12.4. The average Bonchev–Trinajstić information content (AvgIpc) is 3.22. The molecule has 1 aliphatic carbocycles. The van der Waals surface area contributed by atoms with E-state index in [1.165, 1.54) is 0 Å². The summed E-state index contributed by atoms with van der Waals surface area (Å²) in [5, 5.41) is 3.91. The Labute approximate surface area is 106 Å². The third-order valence-electron chi connectivity index (χ3n) is 2.74. The monoisotopic (exact) mass is 248 g/mol. The molecule has 0 heterocycles. The van der Waals surface area contributed by atoms with Gasteiger partial charge in [0.15, 0.2) is 11.5 Å². The number of carbonyl (C=O) groups excluding carboxylic acids is 1. The molecule has 1 fully saturated rings. The lowest BCUT2D eigenvalue weighted by Gasteiger charge is -2.07. The maximum absolute atomic E-state index is 11.3. The van der Waals surface area contributed by atoms with E-state index in [1.54, 1.807) is 32.6 Å². The Bertz CT molecular complexity index is 467. The molecule has 96 valence electrons. The molecule has 0 unspecified atom stereocenters. The molecular weight excluding hydrogens is 232 g/mol. The topological polar surface area (TPSA) is 59.9 Å². The van der Waals surface area contributed by atoms with Crippen LogP contribution in [0.2, 0.25) is 0 Å². The third-order valence-corrected chi connectivity index (χ3v) is 2.74. The van der Waals surface area contributed by atoms with Gasteiger partial charge in [0, 0.05) is 5.92 Å². The minimum absolute atomic E-state index is 0.00766. The molecule has 0 atom stereocenters. The van der Waals surface area contributed by atoms with E-state index in [0.29, 0.717) is 11.5 Å². The van der Waals surface area contributed by atoms with Crippen molar-refractivity contribution < 1.29 is 14.3 Å². The first-order chi connectivity index (χ1) is 8.74. The van der Waals surface area contributed by atoms with E-state index in [9.17, 15) is 4.79 Å². The molecule has 0 bridgehead atoms. The SMILES string of the molecule is COc1ccc(/C=N/NC(=O)C2CC2)cc1OC. The second kappa shape index (κ2) is 5.53. The van der Waals surface area contributed by atoms with Crippen molar-refractivity contribution in [3.63, 3.8) is 0 Å².